The quantitative estimate of drug-likeness (QED) is 0.469. The molecule has 5 rings (SSSR count). The number of hydrogen-bond acceptors (Lipinski definition) is 8. The van der Waals surface area contributed by atoms with Crippen LogP contribution in [0.5, 0.6) is 0 Å². The third-order valence-electron chi connectivity index (χ3n) is 4.93. The molecule has 0 fully saturated rings. The van der Waals surface area contributed by atoms with Gasteiger partial charge in [-0.25, -0.2) is 13.4 Å². The second kappa shape index (κ2) is 7.89. The molecule has 0 radical (unpaired) electrons. The Morgan fingerprint density at radius 3 is 2.52 bits per heavy atom. The summed E-state index contributed by atoms with van der Waals surface area (Å²) in [7, 11) is -3.57. The summed E-state index contributed by atoms with van der Waals surface area (Å²) < 4.78 is 37.3. The Morgan fingerprint density at radius 1 is 0.968 bits per heavy atom. The standard InChI is InChI=1S/C21H17N5O4S/c27-31(28,17-8-11-29-14-17)26-9-6-15(7-10-26)18-12-22-13-19(23-18)21-25-24-20(30-21)16-4-2-1-3-5-16/h1-6,8,11-14H,7,9-10H2. The number of sulfonamides is 1. The lowest BCUT2D eigenvalue weighted by Gasteiger charge is -2.25. The number of nitrogens with zero attached hydrogens (tertiary/aromatic N) is 5. The Kier molecular flexibility index (Phi) is 4.92. The average molecular weight is 435 g/mol. The first-order chi connectivity index (χ1) is 15.1. The van der Waals surface area contributed by atoms with E-state index in [0.29, 0.717) is 30.2 Å². The second-order valence-electron chi connectivity index (χ2n) is 6.87. The first kappa shape index (κ1) is 19.3. The van der Waals surface area contributed by atoms with Crippen molar-refractivity contribution in [2.45, 2.75) is 11.3 Å². The van der Waals surface area contributed by atoms with E-state index >= 15 is 0 Å². The molecule has 1 aliphatic rings. The Balaban J connectivity index is 1.37. The molecule has 4 aromatic rings. The smallest absolute Gasteiger partial charge is 0.268 e. The molecule has 0 N–H and O–H groups in total. The van der Waals surface area contributed by atoms with Crippen LogP contribution in [0.3, 0.4) is 0 Å². The minimum atomic E-state index is -3.57. The molecule has 0 saturated carbocycles. The summed E-state index contributed by atoms with van der Waals surface area (Å²) in [6.07, 6.45) is 8.14. The van der Waals surface area contributed by atoms with Gasteiger partial charge in [0.1, 0.15) is 16.9 Å². The fraction of sp³-hybridized carbons (Fsp3) is 0.143. The van der Waals surface area contributed by atoms with Crippen molar-refractivity contribution in [1.82, 2.24) is 24.5 Å². The Labute approximate surface area is 178 Å². The lowest BCUT2D eigenvalue weighted by Crippen LogP contribution is -2.34. The molecule has 0 aliphatic carbocycles. The minimum Gasteiger partial charge on any atom is -0.471 e. The number of rotatable bonds is 5. The van der Waals surface area contributed by atoms with Crippen molar-refractivity contribution < 1.29 is 17.3 Å². The van der Waals surface area contributed by atoms with Gasteiger partial charge in [-0.2, -0.15) is 4.31 Å². The maximum absolute atomic E-state index is 12.6. The van der Waals surface area contributed by atoms with Crippen molar-refractivity contribution >= 4 is 15.6 Å². The number of hydrogen-bond donors (Lipinski definition) is 0. The molecule has 0 atom stereocenters. The van der Waals surface area contributed by atoms with E-state index in [1.807, 2.05) is 36.4 Å². The van der Waals surface area contributed by atoms with Crippen molar-refractivity contribution in [3.63, 3.8) is 0 Å². The van der Waals surface area contributed by atoms with Crippen LogP contribution in [0.25, 0.3) is 28.6 Å². The van der Waals surface area contributed by atoms with Crippen molar-refractivity contribution in [1.29, 1.82) is 0 Å². The molecular weight excluding hydrogens is 418 g/mol. The highest BCUT2D eigenvalue weighted by Gasteiger charge is 2.27. The van der Waals surface area contributed by atoms with Crippen LogP contribution in [0.1, 0.15) is 12.1 Å². The normalized spacial score (nSPS) is 15.0. The van der Waals surface area contributed by atoms with Crippen LogP contribution < -0.4 is 0 Å². The van der Waals surface area contributed by atoms with Gasteiger partial charge in [-0.05, 0) is 30.2 Å². The van der Waals surface area contributed by atoms with Crippen molar-refractivity contribution in [2.24, 2.45) is 0 Å². The first-order valence-electron chi connectivity index (χ1n) is 9.54. The van der Waals surface area contributed by atoms with Crippen LogP contribution in [0.4, 0.5) is 0 Å². The highest BCUT2D eigenvalue weighted by atomic mass is 32.2. The van der Waals surface area contributed by atoms with Gasteiger partial charge in [0, 0.05) is 18.7 Å². The summed E-state index contributed by atoms with van der Waals surface area (Å²) in [6, 6.07) is 10.9. The first-order valence-corrected chi connectivity index (χ1v) is 11.0. The van der Waals surface area contributed by atoms with E-state index in [-0.39, 0.29) is 17.3 Å². The molecule has 4 heterocycles. The molecule has 31 heavy (non-hydrogen) atoms. The Hall–Kier alpha value is -3.63. The van der Waals surface area contributed by atoms with E-state index in [4.69, 9.17) is 8.83 Å². The molecule has 1 aliphatic heterocycles. The van der Waals surface area contributed by atoms with Gasteiger partial charge >= 0.3 is 0 Å². The minimum absolute atomic E-state index is 0.150. The maximum Gasteiger partial charge on any atom is 0.268 e. The van der Waals surface area contributed by atoms with Crippen LogP contribution in [0.2, 0.25) is 0 Å². The van der Waals surface area contributed by atoms with E-state index in [2.05, 4.69) is 20.2 Å². The van der Waals surface area contributed by atoms with Crippen LogP contribution in [-0.2, 0) is 10.0 Å². The van der Waals surface area contributed by atoms with Gasteiger partial charge in [-0.3, -0.25) is 4.98 Å². The molecule has 0 bridgehead atoms. The lowest BCUT2D eigenvalue weighted by molar-refractivity contribution is 0.439. The largest absolute Gasteiger partial charge is 0.471 e. The summed E-state index contributed by atoms with van der Waals surface area (Å²) in [5.74, 6) is 0.675. The predicted molar refractivity (Wildman–Crippen MR) is 111 cm³/mol. The molecule has 1 aromatic carbocycles. The molecule has 0 saturated heterocycles. The highest BCUT2D eigenvalue weighted by molar-refractivity contribution is 7.89. The monoisotopic (exact) mass is 435 g/mol. The van der Waals surface area contributed by atoms with Gasteiger partial charge < -0.3 is 8.83 Å². The molecule has 0 unspecified atom stereocenters. The Bertz CT molecular complexity index is 1330. The zero-order chi connectivity index (χ0) is 21.3. The SMILES string of the molecule is O=S(=O)(c1ccoc1)N1CC=C(c2cncc(-c3nnc(-c4ccccc4)o3)n2)CC1. The lowest BCUT2D eigenvalue weighted by atomic mass is 10.1. The Morgan fingerprint density at radius 2 is 1.77 bits per heavy atom. The fourth-order valence-electron chi connectivity index (χ4n) is 3.30. The van der Waals surface area contributed by atoms with Crippen LogP contribution >= 0.6 is 0 Å². The molecule has 10 heteroatoms. The maximum atomic E-state index is 12.6. The highest BCUT2D eigenvalue weighted by Crippen LogP contribution is 2.27. The van der Waals surface area contributed by atoms with Gasteiger partial charge in [0.05, 0.1) is 24.4 Å². The van der Waals surface area contributed by atoms with E-state index < -0.39 is 10.0 Å². The molecule has 9 nitrogen and oxygen atoms in total. The average Bonchev–Trinajstić information content (AvgIpc) is 3.53. The second-order valence-corrected chi connectivity index (χ2v) is 8.81. The molecule has 3 aromatic heterocycles. The summed E-state index contributed by atoms with van der Waals surface area (Å²) in [4.78, 5) is 9.00. The topological polar surface area (TPSA) is 115 Å². The van der Waals surface area contributed by atoms with Crippen molar-refractivity contribution in [2.75, 3.05) is 13.1 Å². The summed E-state index contributed by atoms with van der Waals surface area (Å²) in [6.45, 7) is 0.581. The number of benzene rings is 1. The van der Waals surface area contributed by atoms with Gasteiger partial charge in [0.25, 0.3) is 5.89 Å². The van der Waals surface area contributed by atoms with Crippen LogP contribution in [-0.4, -0.2) is 46.0 Å². The molecule has 156 valence electrons. The van der Waals surface area contributed by atoms with Gasteiger partial charge in [-0.1, -0.05) is 24.3 Å². The predicted octanol–water partition coefficient (Wildman–Crippen LogP) is 3.26. The van der Waals surface area contributed by atoms with Gasteiger partial charge in [0.2, 0.25) is 15.9 Å². The van der Waals surface area contributed by atoms with Gasteiger partial charge in [0.15, 0.2) is 0 Å². The molecular formula is C21H17N5O4S. The zero-order valence-electron chi connectivity index (χ0n) is 16.2. The van der Waals surface area contributed by atoms with Crippen molar-refractivity contribution in [3.05, 3.63) is 73.1 Å². The summed E-state index contributed by atoms with van der Waals surface area (Å²) in [5, 5.41) is 8.17. The third kappa shape index (κ3) is 3.78. The van der Waals surface area contributed by atoms with Crippen molar-refractivity contribution in [3.8, 4) is 23.0 Å². The van der Waals surface area contributed by atoms with E-state index in [9.17, 15) is 8.42 Å². The van der Waals surface area contributed by atoms with Gasteiger partial charge in [-0.15, -0.1) is 10.2 Å². The van der Waals surface area contributed by atoms with Crippen LogP contribution in [0.15, 0.2) is 81.1 Å². The van der Waals surface area contributed by atoms with Crippen LogP contribution in [0, 0.1) is 0 Å². The van der Waals surface area contributed by atoms with E-state index in [0.717, 1.165) is 11.1 Å². The number of furan rings is 1. The summed E-state index contributed by atoms with van der Waals surface area (Å²) in [5.41, 5.74) is 2.84. The summed E-state index contributed by atoms with van der Waals surface area (Å²) >= 11 is 0. The van der Waals surface area contributed by atoms with E-state index in [1.165, 1.54) is 22.9 Å². The molecule has 0 amide bonds. The zero-order valence-corrected chi connectivity index (χ0v) is 17.1. The van der Waals surface area contributed by atoms with E-state index in [1.54, 1.807) is 12.4 Å². The fourth-order valence-corrected chi connectivity index (χ4v) is 4.60. The number of aromatic nitrogens is 4. The molecule has 0 spiro atoms. The third-order valence-corrected chi connectivity index (χ3v) is 6.77.